The lowest BCUT2D eigenvalue weighted by molar-refractivity contribution is -0.274. The summed E-state index contributed by atoms with van der Waals surface area (Å²) >= 11 is 0.887. The minimum absolute atomic E-state index is 0. The van der Waals surface area contributed by atoms with E-state index in [1.165, 1.54) is 13.1 Å². The average molecular weight is 481 g/mol. The van der Waals surface area contributed by atoms with E-state index >= 15 is 0 Å². The van der Waals surface area contributed by atoms with Gasteiger partial charge in [0.2, 0.25) is 11.8 Å². The Morgan fingerprint density at radius 3 is 2.47 bits per heavy atom. The van der Waals surface area contributed by atoms with Crippen LogP contribution in [0.2, 0.25) is 0 Å². The van der Waals surface area contributed by atoms with Crippen molar-refractivity contribution in [2.24, 2.45) is 0 Å². The summed E-state index contributed by atoms with van der Waals surface area (Å²) in [6.07, 6.45) is -9.31. The normalized spacial score (nSPS) is 11.7. The zero-order valence-electron chi connectivity index (χ0n) is 15.1. The second-order valence-corrected chi connectivity index (χ2v) is 6.74. The molecule has 1 heterocycles. The van der Waals surface area contributed by atoms with Crippen LogP contribution in [0.5, 0.6) is 5.75 Å². The number of alkyl halides is 6. The first-order valence-corrected chi connectivity index (χ1v) is 8.62. The van der Waals surface area contributed by atoms with Gasteiger partial charge in [0.15, 0.2) is 5.13 Å². The van der Waals surface area contributed by atoms with Gasteiger partial charge in [-0.25, -0.2) is 4.98 Å². The molecule has 168 valence electrons. The summed E-state index contributed by atoms with van der Waals surface area (Å²) in [6.45, 7) is -2.40. The Kier molecular flexibility index (Phi) is 8.68. The first kappa shape index (κ1) is 25.7. The summed E-state index contributed by atoms with van der Waals surface area (Å²) < 4.78 is 77.0. The molecule has 0 aliphatic carbocycles. The predicted octanol–water partition coefficient (Wildman–Crippen LogP) is 3.17. The molecule has 0 aliphatic rings. The molecule has 1 aromatic carbocycles. The average Bonchev–Trinajstić information content (AvgIpc) is 2.92. The second kappa shape index (κ2) is 10.1. The molecule has 2 amide bonds. The molecule has 1 aromatic heterocycles. The Hall–Kier alpha value is -2.32. The van der Waals surface area contributed by atoms with E-state index in [9.17, 15) is 35.9 Å². The van der Waals surface area contributed by atoms with E-state index in [4.69, 9.17) is 0 Å². The van der Waals surface area contributed by atoms with E-state index < -0.39 is 49.7 Å². The summed E-state index contributed by atoms with van der Waals surface area (Å²) in [7, 11) is 1.23. The smallest absolute Gasteiger partial charge is 0.406 e. The highest BCUT2D eigenvalue weighted by molar-refractivity contribution is 7.22. The number of benzene rings is 1. The van der Waals surface area contributed by atoms with Crippen LogP contribution in [0.3, 0.4) is 0 Å². The van der Waals surface area contributed by atoms with E-state index in [0.29, 0.717) is 10.2 Å². The number of carbonyl (C=O) groups excluding carboxylic acids is 2. The largest absolute Gasteiger partial charge is 0.573 e. The molecule has 15 heteroatoms. The van der Waals surface area contributed by atoms with Crippen molar-refractivity contribution >= 4 is 50.9 Å². The summed E-state index contributed by atoms with van der Waals surface area (Å²) in [6, 6.07) is 3.46. The first-order valence-electron chi connectivity index (χ1n) is 7.80. The van der Waals surface area contributed by atoms with Gasteiger partial charge in [0.05, 0.1) is 29.9 Å². The van der Waals surface area contributed by atoms with Crippen LogP contribution in [0, 0.1) is 0 Å². The lowest BCUT2D eigenvalue weighted by Gasteiger charge is -2.17. The fourth-order valence-corrected chi connectivity index (χ4v) is 2.97. The standard InChI is InChI=1S/C15H14F6N4O3S.ClH/c1-25(12(27)5-22-7-14(16,17)18)6-11(26)24-13-23-9-3-2-8(4-10(9)29-13)28-15(19,20)21;/h2-4,22H,5-7H2,1H3,(H,23,24,26);1H. The van der Waals surface area contributed by atoms with Gasteiger partial charge in [0.25, 0.3) is 0 Å². The number of nitrogens with one attached hydrogen (secondary N) is 2. The van der Waals surface area contributed by atoms with Gasteiger partial charge in [-0.3, -0.25) is 9.59 Å². The van der Waals surface area contributed by atoms with Gasteiger partial charge < -0.3 is 20.3 Å². The minimum atomic E-state index is -4.85. The van der Waals surface area contributed by atoms with Crippen LogP contribution in [-0.2, 0) is 9.59 Å². The van der Waals surface area contributed by atoms with Crippen LogP contribution < -0.4 is 15.4 Å². The number of fused-ring (bicyclic) bond motifs is 1. The highest BCUT2D eigenvalue weighted by atomic mass is 35.5. The van der Waals surface area contributed by atoms with Crippen molar-refractivity contribution in [1.82, 2.24) is 15.2 Å². The maximum atomic E-state index is 12.3. The lowest BCUT2D eigenvalue weighted by atomic mass is 10.3. The fraction of sp³-hybridized carbons (Fsp3) is 0.400. The van der Waals surface area contributed by atoms with Crippen molar-refractivity contribution in [3.8, 4) is 5.75 Å². The number of likely N-dealkylation sites (N-methyl/N-ethyl adjacent to an activating group) is 1. The molecule has 0 aliphatic heterocycles. The highest BCUT2D eigenvalue weighted by Gasteiger charge is 2.31. The Morgan fingerprint density at radius 2 is 1.87 bits per heavy atom. The van der Waals surface area contributed by atoms with Crippen LogP contribution in [0.1, 0.15) is 0 Å². The molecule has 7 nitrogen and oxygen atoms in total. The van der Waals surface area contributed by atoms with Gasteiger partial charge in [-0.1, -0.05) is 11.3 Å². The zero-order chi connectivity index (χ0) is 21.8. The number of nitrogens with zero attached hydrogens (tertiary/aromatic N) is 2. The van der Waals surface area contributed by atoms with E-state index in [2.05, 4.69) is 15.0 Å². The van der Waals surface area contributed by atoms with E-state index in [1.54, 1.807) is 0 Å². The Balaban J connectivity index is 0.00000450. The van der Waals surface area contributed by atoms with Crippen molar-refractivity contribution in [3.63, 3.8) is 0 Å². The summed E-state index contributed by atoms with van der Waals surface area (Å²) in [5, 5.41) is 4.37. The third-order valence-electron chi connectivity index (χ3n) is 3.25. The summed E-state index contributed by atoms with van der Waals surface area (Å²) in [5.74, 6) is -1.85. The van der Waals surface area contributed by atoms with Crippen LogP contribution in [0.25, 0.3) is 10.2 Å². The molecule has 0 unspecified atom stereocenters. The monoisotopic (exact) mass is 480 g/mol. The Labute approximate surface area is 175 Å². The van der Waals surface area contributed by atoms with Gasteiger partial charge in [-0.05, 0) is 12.1 Å². The van der Waals surface area contributed by atoms with E-state index in [-0.39, 0.29) is 17.5 Å². The number of hydrogen-bond donors (Lipinski definition) is 2. The molecular formula is C15H15ClF6N4O3S. The van der Waals surface area contributed by atoms with Crippen molar-refractivity contribution in [2.45, 2.75) is 12.5 Å². The molecule has 0 saturated carbocycles. The number of aromatic nitrogens is 1. The molecular weight excluding hydrogens is 466 g/mol. The van der Waals surface area contributed by atoms with Crippen molar-refractivity contribution in [3.05, 3.63) is 18.2 Å². The molecule has 2 rings (SSSR count). The number of rotatable bonds is 7. The third kappa shape index (κ3) is 8.59. The third-order valence-corrected chi connectivity index (χ3v) is 4.18. The number of thiazole rings is 1. The Bertz CT molecular complexity index is 889. The molecule has 0 fully saturated rings. The fourth-order valence-electron chi connectivity index (χ4n) is 2.06. The Morgan fingerprint density at radius 1 is 1.20 bits per heavy atom. The highest BCUT2D eigenvalue weighted by Crippen LogP contribution is 2.31. The van der Waals surface area contributed by atoms with Crippen LogP contribution in [-0.4, -0.2) is 60.9 Å². The van der Waals surface area contributed by atoms with Gasteiger partial charge in [-0.2, -0.15) is 13.2 Å². The summed E-state index contributed by atoms with van der Waals surface area (Å²) in [5.41, 5.74) is 0.320. The number of carbonyl (C=O) groups is 2. The molecule has 30 heavy (non-hydrogen) atoms. The molecule has 0 radical (unpaired) electrons. The van der Waals surface area contributed by atoms with Gasteiger partial charge in [0, 0.05) is 13.1 Å². The minimum Gasteiger partial charge on any atom is -0.406 e. The number of anilines is 1. The van der Waals surface area contributed by atoms with Gasteiger partial charge in [0.1, 0.15) is 5.75 Å². The molecule has 0 bridgehead atoms. The van der Waals surface area contributed by atoms with Crippen molar-refractivity contribution < 1.29 is 40.7 Å². The number of amides is 2. The molecule has 0 spiro atoms. The second-order valence-electron chi connectivity index (χ2n) is 5.71. The first-order chi connectivity index (χ1) is 13.3. The van der Waals surface area contributed by atoms with Crippen molar-refractivity contribution in [1.29, 1.82) is 0 Å². The van der Waals surface area contributed by atoms with Gasteiger partial charge >= 0.3 is 12.5 Å². The number of ether oxygens (including phenoxy) is 1. The van der Waals surface area contributed by atoms with E-state index in [0.717, 1.165) is 28.4 Å². The maximum absolute atomic E-state index is 12.3. The number of hydrogen-bond acceptors (Lipinski definition) is 6. The summed E-state index contributed by atoms with van der Waals surface area (Å²) in [4.78, 5) is 28.6. The molecule has 2 aromatic rings. The molecule has 0 saturated heterocycles. The molecule has 0 atom stereocenters. The van der Waals surface area contributed by atoms with Gasteiger partial charge in [-0.15, -0.1) is 25.6 Å². The van der Waals surface area contributed by atoms with E-state index in [1.807, 2.05) is 5.32 Å². The maximum Gasteiger partial charge on any atom is 0.573 e. The SMILES string of the molecule is CN(CC(=O)Nc1nc2ccc(OC(F)(F)F)cc2s1)C(=O)CNCC(F)(F)F.Cl. The van der Waals surface area contributed by atoms with Crippen LogP contribution in [0.4, 0.5) is 31.5 Å². The van der Waals surface area contributed by atoms with Crippen LogP contribution >= 0.6 is 23.7 Å². The quantitative estimate of drug-likeness (QED) is 0.595. The zero-order valence-corrected chi connectivity index (χ0v) is 16.7. The number of halogens is 7. The van der Waals surface area contributed by atoms with Crippen molar-refractivity contribution in [2.75, 3.05) is 32.0 Å². The van der Waals surface area contributed by atoms with Crippen LogP contribution in [0.15, 0.2) is 18.2 Å². The predicted molar refractivity (Wildman–Crippen MR) is 98.7 cm³/mol. The lowest BCUT2D eigenvalue weighted by Crippen LogP contribution is -2.42. The topological polar surface area (TPSA) is 83.6 Å². The molecule has 2 N–H and O–H groups in total.